The van der Waals surface area contributed by atoms with E-state index in [0.717, 1.165) is 25.9 Å². The third-order valence-electron chi connectivity index (χ3n) is 3.87. The van der Waals surface area contributed by atoms with Gasteiger partial charge in [0.05, 0.1) is 0 Å². The van der Waals surface area contributed by atoms with E-state index in [-0.39, 0.29) is 5.75 Å². The van der Waals surface area contributed by atoms with E-state index in [4.69, 9.17) is 5.73 Å². The molecule has 0 aliphatic carbocycles. The van der Waals surface area contributed by atoms with Crippen molar-refractivity contribution in [2.24, 2.45) is 0 Å². The second-order valence-electron chi connectivity index (χ2n) is 5.70. The molecule has 3 rings (SSSR count). The summed E-state index contributed by atoms with van der Waals surface area (Å²) in [5, 5.41) is 3.00. The van der Waals surface area contributed by atoms with Crippen LogP contribution in [0.3, 0.4) is 0 Å². The number of anilines is 4. The number of rotatable bonds is 4. The summed E-state index contributed by atoms with van der Waals surface area (Å²) in [6.45, 7) is 1.79. The van der Waals surface area contributed by atoms with E-state index in [0.29, 0.717) is 23.0 Å². The molecule has 2 heterocycles. The molecule has 1 aromatic heterocycles. The van der Waals surface area contributed by atoms with E-state index in [1.807, 2.05) is 0 Å². The highest BCUT2D eigenvalue weighted by atomic mass is 19.4. The first-order valence-corrected chi connectivity index (χ1v) is 7.90. The summed E-state index contributed by atoms with van der Waals surface area (Å²) >= 11 is 0. The first kappa shape index (κ1) is 17.1. The molecule has 9 heteroatoms. The molecule has 0 saturated carbocycles. The number of nitrogens with zero attached hydrogens (tertiary/aromatic N) is 3. The van der Waals surface area contributed by atoms with Crippen molar-refractivity contribution in [2.45, 2.75) is 25.6 Å². The monoisotopic (exact) mass is 353 g/mol. The van der Waals surface area contributed by atoms with Crippen LogP contribution in [-0.4, -0.2) is 29.4 Å². The summed E-state index contributed by atoms with van der Waals surface area (Å²) in [6, 6.07) is 5.36. The molecule has 0 amide bonds. The molecule has 1 saturated heterocycles. The molecule has 6 nitrogen and oxygen atoms in total. The average Bonchev–Trinajstić information content (AvgIpc) is 2.58. The van der Waals surface area contributed by atoms with Crippen LogP contribution in [-0.2, 0) is 0 Å². The molecular formula is C16H18F3N5O. The second kappa shape index (κ2) is 7.04. The Morgan fingerprint density at radius 2 is 1.72 bits per heavy atom. The van der Waals surface area contributed by atoms with Gasteiger partial charge in [-0.3, -0.25) is 0 Å². The number of ether oxygens (including phenoxy) is 1. The number of nitrogens with one attached hydrogen (secondary N) is 1. The standard InChI is InChI=1S/C16H18F3N5O/c17-16(18,19)25-12-6-4-11(5-7-12)23-14-13(20)15(22-10-21-14)24-8-2-1-3-9-24/h4-7,10H,1-3,8-9,20H2,(H,21,22,23). The Hall–Kier alpha value is -2.71. The Morgan fingerprint density at radius 3 is 2.36 bits per heavy atom. The molecule has 1 fully saturated rings. The molecule has 0 radical (unpaired) electrons. The lowest BCUT2D eigenvalue weighted by Gasteiger charge is -2.28. The van der Waals surface area contributed by atoms with Gasteiger partial charge in [0.25, 0.3) is 0 Å². The Morgan fingerprint density at radius 1 is 1.04 bits per heavy atom. The van der Waals surface area contributed by atoms with Crippen LogP contribution >= 0.6 is 0 Å². The van der Waals surface area contributed by atoms with E-state index in [1.54, 1.807) is 0 Å². The molecule has 2 aromatic rings. The fourth-order valence-electron chi connectivity index (χ4n) is 2.72. The number of piperidine rings is 1. The SMILES string of the molecule is Nc1c(Nc2ccc(OC(F)(F)F)cc2)ncnc1N1CCCCC1. The van der Waals surface area contributed by atoms with Crippen LogP contribution in [0.15, 0.2) is 30.6 Å². The van der Waals surface area contributed by atoms with E-state index in [1.165, 1.54) is 37.0 Å². The Bertz CT molecular complexity index is 715. The molecule has 1 aliphatic rings. The van der Waals surface area contributed by atoms with Crippen LogP contribution in [0.4, 0.5) is 36.2 Å². The van der Waals surface area contributed by atoms with Gasteiger partial charge in [-0.2, -0.15) is 0 Å². The number of hydrogen-bond acceptors (Lipinski definition) is 6. The number of nitrogen functional groups attached to an aromatic ring is 1. The minimum Gasteiger partial charge on any atom is -0.406 e. The lowest BCUT2D eigenvalue weighted by molar-refractivity contribution is -0.274. The van der Waals surface area contributed by atoms with Crippen molar-refractivity contribution in [1.29, 1.82) is 0 Å². The van der Waals surface area contributed by atoms with Gasteiger partial charge >= 0.3 is 6.36 Å². The fraction of sp³-hybridized carbons (Fsp3) is 0.375. The van der Waals surface area contributed by atoms with Crippen molar-refractivity contribution in [2.75, 3.05) is 29.0 Å². The average molecular weight is 353 g/mol. The number of nitrogens with two attached hydrogens (primary N) is 1. The van der Waals surface area contributed by atoms with Crippen molar-refractivity contribution in [1.82, 2.24) is 9.97 Å². The predicted octanol–water partition coefficient (Wildman–Crippen LogP) is 3.69. The van der Waals surface area contributed by atoms with Crippen molar-refractivity contribution >= 4 is 23.0 Å². The van der Waals surface area contributed by atoms with Gasteiger partial charge in [0.15, 0.2) is 11.6 Å². The Balaban J connectivity index is 1.74. The first-order valence-electron chi connectivity index (χ1n) is 7.90. The van der Waals surface area contributed by atoms with Gasteiger partial charge in [0.2, 0.25) is 0 Å². The number of alkyl halides is 3. The van der Waals surface area contributed by atoms with Gasteiger partial charge in [0.1, 0.15) is 17.8 Å². The maximum atomic E-state index is 12.2. The predicted molar refractivity (Wildman–Crippen MR) is 88.9 cm³/mol. The van der Waals surface area contributed by atoms with Crippen LogP contribution in [0.1, 0.15) is 19.3 Å². The maximum Gasteiger partial charge on any atom is 0.573 e. The van der Waals surface area contributed by atoms with Gasteiger partial charge in [-0.25, -0.2) is 9.97 Å². The second-order valence-corrected chi connectivity index (χ2v) is 5.70. The zero-order valence-corrected chi connectivity index (χ0v) is 13.4. The zero-order valence-electron chi connectivity index (χ0n) is 13.4. The third-order valence-corrected chi connectivity index (χ3v) is 3.87. The van der Waals surface area contributed by atoms with Gasteiger partial charge in [0, 0.05) is 18.8 Å². The van der Waals surface area contributed by atoms with Gasteiger partial charge < -0.3 is 20.7 Å². The molecule has 0 spiro atoms. The van der Waals surface area contributed by atoms with Crippen molar-refractivity contribution in [3.05, 3.63) is 30.6 Å². The number of halogens is 3. The highest BCUT2D eigenvalue weighted by molar-refractivity contribution is 5.78. The molecule has 0 bridgehead atoms. The molecule has 1 aliphatic heterocycles. The minimum absolute atomic E-state index is 0.289. The minimum atomic E-state index is -4.71. The molecule has 25 heavy (non-hydrogen) atoms. The smallest absolute Gasteiger partial charge is 0.406 e. The van der Waals surface area contributed by atoms with Crippen LogP contribution < -0.4 is 20.7 Å². The number of hydrogen-bond donors (Lipinski definition) is 2. The topological polar surface area (TPSA) is 76.3 Å². The summed E-state index contributed by atoms with van der Waals surface area (Å²) in [7, 11) is 0. The number of benzene rings is 1. The quantitative estimate of drug-likeness (QED) is 0.873. The van der Waals surface area contributed by atoms with Crippen LogP contribution in [0, 0.1) is 0 Å². The molecule has 0 atom stereocenters. The van der Waals surface area contributed by atoms with Gasteiger partial charge in [-0.1, -0.05) is 0 Å². The summed E-state index contributed by atoms with van der Waals surface area (Å²) in [5.74, 6) is 0.803. The van der Waals surface area contributed by atoms with E-state index < -0.39 is 6.36 Å². The van der Waals surface area contributed by atoms with Crippen molar-refractivity contribution in [3.63, 3.8) is 0 Å². The highest BCUT2D eigenvalue weighted by Crippen LogP contribution is 2.31. The van der Waals surface area contributed by atoms with Crippen molar-refractivity contribution < 1.29 is 17.9 Å². The largest absolute Gasteiger partial charge is 0.573 e. The lowest BCUT2D eigenvalue weighted by atomic mass is 10.1. The molecule has 1 aromatic carbocycles. The van der Waals surface area contributed by atoms with Crippen LogP contribution in [0.2, 0.25) is 0 Å². The molecule has 134 valence electrons. The first-order chi connectivity index (χ1) is 11.9. The maximum absolute atomic E-state index is 12.2. The molecular weight excluding hydrogens is 335 g/mol. The lowest BCUT2D eigenvalue weighted by Crippen LogP contribution is -2.31. The summed E-state index contributed by atoms with van der Waals surface area (Å²) in [4.78, 5) is 10.5. The van der Waals surface area contributed by atoms with E-state index in [2.05, 4.69) is 24.9 Å². The highest BCUT2D eigenvalue weighted by Gasteiger charge is 2.31. The zero-order chi connectivity index (χ0) is 17.9. The fourth-order valence-corrected chi connectivity index (χ4v) is 2.72. The summed E-state index contributed by atoms with van der Waals surface area (Å²) < 4.78 is 40.4. The molecule has 3 N–H and O–H groups in total. The van der Waals surface area contributed by atoms with Gasteiger partial charge in [-0.15, -0.1) is 13.2 Å². The molecule has 0 unspecified atom stereocenters. The Labute approximate surface area is 142 Å². The van der Waals surface area contributed by atoms with E-state index >= 15 is 0 Å². The van der Waals surface area contributed by atoms with Crippen LogP contribution in [0.5, 0.6) is 5.75 Å². The van der Waals surface area contributed by atoms with Crippen LogP contribution in [0.25, 0.3) is 0 Å². The van der Waals surface area contributed by atoms with Crippen molar-refractivity contribution in [3.8, 4) is 5.75 Å². The Kier molecular flexibility index (Phi) is 4.82. The normalized spacial score (nSPS) is 15.1. The number of aromatic nitrogens is 2. The summed E-state index contributed by atoms with van der Waals surface area (Å²) in [6.07, 6.45) is 0.0812. The van der Waals surface area contributed by atoms with E-state index in [9.17, 15) is 13.2 Å². The summed E-state index contributed by atoms with van der Waals surface area (Å²) in [5.41, 5.74) is 7.14. The van der Waals surface area contributed by atoms with Gasteiger partial charge in [-0.05, 0) is 43.5 Å². The third kappa shape index (κ3) is 4.43.